The minimum Gasteiger partial charge on any atom is -0.342 e. The van der Waals surface area contributed by atoms with E-state index in [0.29, 0.717) is 5.06 Å². The second-order valence-corrected chi connectivity index (χ2v) is 4.18. The van der Waals surface area contributed by atoms with Crippen LogP contribution in [0.15, 0.2) is 24.3 Å². The summed E-state index contributed by atoms with van der Waals surface area (Å²) in [4.78, 5) is 50.8. The van der Waals surface area contributed by atoms with E-state index in [9.17, 15) is 19.2 Å². The molecule has 1 fully saturated rings. The van der Waals surface area contributed by atoms with Gasteiger partial charge in [-0.2, -0.15) is 0 Å². The van der Waals surface area contributed by atoms with Crippen LogP contribution in [0.25, 0.3) is 0 Å². The van der Waals surface area contributed by atoms with Crippen molar-refractivity contribution in [1.29, 1.82) is 0 Å². The number of carbonyl (C=O) groups is 4. The van der Waals surface area contributed by atoms with Crippen LogP contribution in [0.2, 0.25) is 0 Å². The lowest BCUT2D eigenvalue weighted by Gasteiger charge is -2.25. The molecule has 3 amide bonds. The van der Waals surface area contributed by atoms with Crippen molar-refractivity contribution in [2.24, 2.45) is 0 Å². The molecule has 96 valence electrons. The largest absolute Gasteiger partial charge is 0.355 e. The molecule has 2 aliphatic rings. The number of fused-ring (bicyclic) bond motifs is 1. The fourth-order valence-electron chi connectivity index (χ4n) is 1.90. The van der Waals surface area contributed by atoms with E-state index in [-0.39, 0.29) is 23.5 Å². The molecule has 1 aromatic rings. The van der Waals surface area contributed by atoms with Gasteiger partial charge in [-0.3, -0.25) is 14.4 Å². The fourth-order valence-corrected chi connectivity index (χ4v) is 1.90. The van der Waals surface area contributed by atoms with Crippen LogP contribution in [0, 0.1) is 0 Å². The highest BCUT2D eigenvalue weighted by molar-refractivity contribution is 6.21. The molecular formula is C12H8N2O5. The summed E-state index contributed by atoms with van der Waals surface area (Å²) in [5.41, 5.74) is 0.385. The fraction of sp³-hybridized carbons (Fsp3) is 0.167. The van der Waals surface area contributed by atoms with E-state index in [2.05, 4.69) is 5.32 Å². The first-order chi connectivity index (χ1) is 9.08. The molecule has 7 heteroatoms. The average molecular weight is 260 g/mol. The normalized spacial score (nSPS) is 20.7. The zero-order valence-electron chi connectivity index (χ0n) is 9.58. The summed E-state index contributed by atoms with van der Waals surface area (Å²) in [5.74, 6) is -2.46. The molecular weight excluding hydrogens is 252 g/mol. The highest BCUT2D eigenvalue weighted by Crippen LogP contribution is 2.23. The van der Waals surface area contributed by atoms with Gasteiger partial charge in [-0.25, -0.2) is 4.79 Å². The summed E-state index contributed by atoms with van der Waals surface area (Å²) in [6, 6.07) is 5.39. The Morgan fingerprint density at radius 1 is 1.16 bits per heavy atom. The average Bonchev–Trinajstić information content (AvgIpc) is 2.61. The summed E-state index contributed by atoms with van der Waals surface area (Å²) in [6.45, 7) is 0. The number of carbonyl (C=O) groups excluding carboxylic acids is 4. The predicted molar refractivity (Wildman–Crippen MR) is 59.6 cm³/mol. The van der Waals surface area contributed by atoms with Gasteiger partial charge in [0.2, 0.25) is 5.91 Å². The molecule has 19 heavy (non-hydrogen) atoms. The van der Waals surface area contributed by atoms with Crippen LogP contribution in [-0.2, 0) is 14.4 Å². The molecule has 0 bridgehead atoms. The second kappa shape index (κ2) is 3.91. The lowest BCUT2D eigenvalue weighted by molar-refractivity contribution is -0.175. The number of benzene rings is 1. The molecule has 0 saturated carbocycles. The zero-order chi connectivity index (χ0) is 13.6. The van der Waals surface area contributed by atoms with Gasteiger partial charge in [0.15, 0.2) is 0 Å². The van der Waals surface area contributed by atoms with Gasteiger partial charge in [0.05, 0.1) is 17.5 Å². The van der Waals surface area contributed by atoms with Crippen molar-refractivity contribution >= 4 is 23.7 Å². The van der Waals surface area contributed by atoms with Crippen LogP contribution in [0.1, 0.15) is 27.1 Å². The second-order valence-electron chi connectivity index (χ2n) is 4.18. The van der Waals surface area contributed by atoms with E-state index in [0.717, 1.165) is 0 Å². The molecule has 0 spiro atoms. The molecule has 1 N–H and O–H groups in total. The molecule has 0 radical (unpaired) electrons. The van der Waals surface area contributed by atoms with Gasteiger partial charge >= 0.3 is 5.97 Å². The van der Waals surface area contributed by atoms with Crippen LogP contribution >= 0.6 is 0 Å². The van der Waals surface area contributed by atoms with E-state index >= 15 is 0 Å². The lowest BCUT2D eigenvalue weighted by Crippen LogP contribution is -2.55. The third-order valence-corrected chi connectivity index (χ3v) is 2.95. The van der Waals surface area contributed by atoms with Crippen molar-refractivity contribution in [3.05, 3.63) is 35.4 Å². The van der Waals surface area contributed by atoms with E-state index in [1.165, 1.54) is 12.1 Å². The van der Waals surface area contributed by atoms with Gasteiger partial charge in [0.1, 0.15) is 6.04 Å². The number of imide groups is 1. The van der Waals surface area contributed by atoms with Gasteiger partial charge in [0.25, 0.3) is 11.8 Å². The number of nitrogens with one attached hydrogen (secondary N) is 1. The zero-order valence-corrected chi connectivity index (χ0v) is 9.58. The van der Waals surface area contributed by atoms with E-state index in [1.807, 2.05) is 0 Å². The quantitative estimate of drug-likeness (QED) is 0.578. The Hall–Kier alpha value is -2.70. The van der Waals surface area contributed by atoms with Gasteiger partial charge in [-0.05, 0) is 12.1 Å². The summed E-state index contributed by atoms with van der Waals surface area (Å²) >= 11 is 0. The third-order valence-electron chi connectivity index (χ3n) is 2.95. The minimum atomic E-state index is -0.825. The summed E-state index contributed by atoms with van der Waals surface area (Å²) in [6.07, 6.45) is 0.00199. The van der Waals surface area contributed by atoms with Gasteiger partial charge in [0, 0.05) is 0 Å². The topological polar surface area (TPSA) is 92.8 Å². The molecule has 1 atom stereocenters. The maximum atomic E-state index is 11.9. The standard InChI is InChI=1S/C12H8N2O5/c15-9-5-8(13-9)12(18)19-14-10(16)6-3-1-2-4-7(6)11(14)17/h1-4,8H,5H2,(H,13,15). The maximum Gasteiger partial charge on any atom is 0.355 e. The van der Waals surface area contributed by atoms with Crippen molar-refractivity contribution in [2.75, 3.05) is 0 Å². The maximum absolute atomic E-state index is 11.9. The van der Waals surface area contributed by atoms with Crippen LogP contribution < -0.4 is 5.32 Å². The Balaban J connectivity index is 1.77. The smallest absolute Gasteiger partial charge is 0.342 e. The number of nitrogens with zero attached hydrogens (tertiary/aromatic N) is 1. The van der Waals surface area contributed by atoms with Crippen molar-refractivity contribution in [3.63, 3.8) is 0 Å². The molecule has 1 saturated heterocycles. The SMILES string of the molecule is O=C1CC(C(=O)ON2C(=O)c3ccccc3C2=O)N1. The molecule has 1 aromatic carbocycles. The molecule has 2 aliphatic heterocycles. The highest BCUT2D eigenvalue weighted by Gasteiger charge is 2.41. The number of β-lactam (4-membered cyclic amide) rings is 1. The summed E-state index contributed by atoms with van der Waals surface area (Å²) < 4.78 is 0. The number of hydrogen-bond donors (Lipinski definition) is 1. The number of amides is 3. The first-order valence-electron chi connectivity index (χ1n) is 5.57. The Labute approximate surface area is 107 Å². The monoisotopic (exact) mass is 260 g/mol. The lowest BCUT2D eigenvalue weighted by atomic mass is 10.1. The minimum absolute atomic E-state index is 0.00199. The molecule has 0 aromatic heterocycles. The molecule has 2 heterocycles. The van der Waals surface area contributed by atoms with Crippen LogP contribution in [0.3, 0.4) is 0 Å². The molecule has 7 nitrogen and oxygen atoms in total. The van der Waals surface area contributed by atoms with E-state index < -0.39 is 23.8 Å². The predicted octanol–water partition coefficient (Wildman–Crippen LogP) is -0.371. The molecule has 0 aliphatic carbocycles. The van der Waals surface area contributed by atoms with Crippen molar-refractivity contribution in [3.8, 4) is 0 Å². The highest BCUT2D eigenvalue weighted by atomic mass is 16.7. The van der Waals surface area contributed by atoms with Crippen LogP contribution in [-0.4, -0.2) is 34.8 Å². The van der Waals surface area contributed by atoms with Gasteiger partial charge in [-0.1, -0.05) is 17.2 Å². The van der Waals surface area contributed by atoms with E-state index in [4.69, 9.17) is 4.84 Å². The third kappa shape index (κ3) is 1.67. The van der Waals surface area contributed by atoms with E-state index in [1.54, 1.807) is 12.1 Å². The first-order valence-corrected chi connectivity index (χ1v) is 5.57. The van der Waals surface area contributed by atoms with Gasteiger partial charge < -0.3 is 10.2 Å². The summed E-state index contributed by atoms with van der Waals surface area (Å²) in [7, 11) is 0. The first kappa shape index (κ1) is 11.4. The molecule has 3 rings (SSSR count). The number of rotatable bonds is 2. The van der Waals surface area contributed by atoms with Crippen LogP contribution in [0.4, 0.5) is 0 Å². The Kier molecular flexibility index (Phi) is 2.34. The molecule has 1 unspecified atom stereocenters. The Bertz CT molecular complexity index is 581. The van der Waals surface area contributed by atoms with Crippen LogP contribution in [0.5, 0.6) is 0 Å². The van der Waals surface area contributed by atoms with Gasteiger partial charge in [-0.15, -0.1) is 0 Å². The van der Waals surface area contributed by atoms with Crippen molar-refractivity contribution in [1.82, 2.24) is 10.4 Å². The number of hydroxylamine groups is 2. The number of hydrogen-bond acceptors (Lipinski definition) is 5. The van der Waals surface area contributed by atoms with Crippen molar-refractivity contribution in [2.45, 2.75) is 12.5 Å². The Morgan fingerprint density at radius 2 is 1.68 bits per heavy atom. The van der Waals surface area contributed by atoms with Crippen molar-refractivity contribution < 1.29 is 24.0 Å². The summed E-state index contributed by atoms with van der Waals surface area (Å²) in [5, 5.41) is 2.73. The Morgan fingerprint density at radius 3 is 2.16 bits per heavy atom.